The molecule has 0 aliphatic heterocycles. The number of nitrogens with one attached hydrogen (secondary N) is 2. The van der Waals surface area contributed by atoms with Crippen molar-refractivity contribution in [1.29, 1.82) is 0 Å². The maximum absolute atomic E-state index is 11.8. The maximum Gasteiger partial charge on any atom is 0.254 e. The standard InChI is InChI=1S/C11H15N3O2/c1-7-10(6-12-14-7)11(16)13-8-2-4-9(15)5-3-8/h6,8H,2-5H2,1H3,(H,12,14)(H,13,16). The van der Waals surface area contributed by atoms with Crippen molar-refractivity contribution in [2.45, 2.75) is 38.6 Å². The first-order valence-corrected chi connectivity index (χ1v) is 5.49. The summed E-state index contributed by atoms with van der Waals surface area (Å²) >= 11 is 0. The van der Waals surface area contributed by atoms with Crippen LogP contribution in [0.3, 0.4) is 0 Å². The topological polar surface area (TPSA) is 74.8 Å². The zero-order valence-corrected chi connectivity index (χ0v) is 9.25. The molecule has 1 amide bonds. The van der Waals surface area contributed by atoms with Gasteiger partial charge in [-0.25, -0.2) is 0 Å². The lowest BCUT2D eigenvalue weighted by Gasteiger charge is -2.21. The van der Waals surface area contributed by atoms with Crippen LogP contribution in [0, 0.1) is 6.92 Å². The minimum absolute atomic E-state index is 0.106. The van der Waals surface area contributed by atoms with Crippen molar-refractivity contribution in [2.75, 3.05) is 0 Å². The maximum atomic E-state index is 11.8. The molecule has 0 bridgehead atoms. The van der Waals surface area contributed by atoms with Gasteiger partial charge in [0.05, 0.1) is 11.8 Å². The molecule has 1 saturated carbocycles. The fourth-order valence-corrected chi connectivity index (χ4v) is 1.93. The van der Waals surface area contributed by atoms with Gasteiger partial charge in [-0.15, -0.1) is 0 Å². The van der Waals surface area contributed by atoms with Crippen molar-refractivity contribution in [3.05, 3.63) is 17.5 Å². The molecule has 2 N–H and O–H groups in total. The molecule has 0 saturated heterocycles. The monoisotopic (exact) mass is 221 g/mol. The average molecular weight is 221 g/mol. The van der Waals surface area contributed by atoms with Gasteiger partial charge >= 0.3 is 0 Å². The van der Waals surface area contributed by atoms with Crippen molar-refractivity contribution >= 4 is 11.7 Å². The normalized spacial score (nSPS) is 17.4. The first-order chi connectivity index (χ1) is 7.66. The number of hydrogen-bond donors (Lipinski definition) is 2. The molecule has 86 valence electrons. The third-order valence-corrected chi connectivity index (χ3v) is 2.95. The number of nitrogens with zero attached hydrogens (tertiary/aromatic N) is 1. The highest BCUT2D eigenvalue weighted by Crippen LogP contribution is 2.15. The molecule has 1 aromatic heterocycles. The van der Waals surface area contributed by atoms with E-state index in [0.717, 1.165) is 18.5 Å². The predicted octanol–water partition coefficient (Wildman–Crippen LogP) is 0.960. The highest BCUT2D eigenvalue weighted by molar-refractivity contribution is 5.95. The molecule has 2 rings (SSSR count). The summed E-state index contributed by atoms with van der Waals surface area (Å²) in [7, 11) is 0. The van der Waals surface area contributed by atoms with Crippen LogP contribution in [0.5, 0.6) is 0 Å². The number of Topliss-reactive ketones (excluding diaryl/α,β-unsaturated/α-hetero) is 1. The summed E-state index contributed by atoms with van der Waals surface area (Å²) in [5.41, 5.74) is 1.35. The highest BCUT2D eigenvalue weighted by Gasteiger charge is 2.21. The Morgan fingerprint density at radius 3 is 2.75 bits per heavy atom. The molecule has 1 aliphatic rings. The summed E-state index contributed by atoms with van der Waals surface area (Å²) in [6.45, 7) is 1.81. The van der Waals surface area contributed by atoms with Gasteiger partial charge in [0.25, 0.3) is 5.91 Å². The summed E-state index contributed by atoms with van der Waals surface area (Å²) in [5, 5.41) is 9.47. The fraction of sp³-hybridized carbons (Fsp3) is 0.545. The Labute approximate surface area is 93.6 Å². The van der Waals surface area contributed by atoms with E-state index in [2.05, 4.69) is 15.5 Å². The second kappa shape index (κ2) is 4.47. The molecule has 0 aromatic carbocycles. The van der Waals surface area contributed by atoms with E-state index < -0.39 is 0 Å². The number of aromatic amines is 1. The number of carbonyl (C=O) groups excluding carboxylic acids is 2. The van der Waals surface area contributed by atoms with Crippen molar-refractivity contribution in [3.63, 3.8) is 0 Å². The minimum Gasteiger partial charge on any atom is -0.349 e. The van der Waals surface area contributed by atoms with Crippen molar-refractivity contribution < 1.29 is 9.59 Å². The lowest BCUT2D eigenvalue weighted by molar-refractivity contribution is -0.120. The molecule has 1 aliphatic carbocycles. The average Bonchev–Trinajstić information content (AvgIpc) is 2.68. The zero-order chi connectivity index (χ0) is 11.5. The Bertz CT molecular complexity index is 401. The Balaban J connectivity index is 1.93. The Hall–Kier alpha value is -1.65. The number of amides is 1. The fourth-order valence-electron chi connectivity index (χ4n) is 1.93. The van der Waals surface area contributed by atoms with Crippen LogP contribution in [-0.2, 0) is 4.79 Å². The van der Waals surface area contributed by atoms with Gasteiger partial charge in [0.1, 0.15) is 5.78 Å². The van der Waals surface area contributed by atoms with Gasteiger partial charge in [0.2, 0.25) is 0 Å². The predicted molar refractivity (Wildman–Crippen MR) is 58.1 cm³/mol. The summed E-state index contributed by atoms with van der Waals surface area (Å²) in [6.07, 6.45) is 4.19. The molecular formula is C11H15N3O2. The van der Waals surface area contributed by atoms with Crippen molar-refractivity contribution in [1.82, 2.24) is 15.5 Å². The van der Waals surface area contributed by atoms with Crippen LogP contribution in [0.1, 0.15) is 41.7 Å². The van der Waals surface area contributed by atoms with Crippen molar-refractivity contribution in [3.8, 4) is 0 Å². The first kappa shape index (κ1) is 10.9. The number of ketones is 1. The Morgan fingerprint density at radius 1 is 1.50 bits per heavy atom. The second-order valence-corrected chi connectivity index (χ2v) is 4.20. The van der Waals surface area contributed by atoms with Crippen LogP contribution in [0.15, 0.2) is 6.20 Å². The molecule has 1 aromatic rings. The summed E-state index contributed by atoms with van der Waals surface area (Å²) < 4.78 is 0. The van der Waals surface area contributed by atoms with Gasteiger partial charge in [-0.2, -0.15) is 5.10 Å². The Kier molecular flexibility index (Phi) is 3.03. The number of rotatable bonds is 2. The van der Waals surface area contributed by atoms with E-state index in [1.54, 1.807) is 0 Å². The van der Waals surface area contributed by atoms with E-state index >= 15 is 0 Å². The van der Waals surface area contributed by atoms with Gasteiger partial charge < -0.3 is 5.32 Å². The van der Waals surface area contributed by atoms with Crippen LogP contribution >= 0.6 is 0 Å². The van der Waals surface area contributed by atoms with Crippen LogP contribution in [0.25, 0.3) is 0 Å². The number of H-pyrrole nitrogens is 1. The SMILES string of the molecule is Cc1[nH]ncc1C(=O)NC1CCC(=O)CC1. The largest absolute Gasteiger partial charge is 0.349 e. The molecule has 0 radical (unpaired) electrons. The molecule has 0 atom stereocenters. The minimum atomic E-state index is -0.106. The third-order valence-electron chi connectivity index (χ3n) is 2.95. The molecule has 5 heteroatoms. The highest BCUT2D eigenvalue weighted by atomic mass is 16.2. The van der Waals surface area contributed by atoms with Crippen LogP contribution < -0.4 is 5.32 Å². The van der Waals surface area contributed by atoms with Gasteiger partial charge in [-0.05, 0) is 19.8 Å². The molecular weight excluding hydrogens is 206 g/mol. The van der Waals surface area contributed by atoms with E-state index in [4.69, 9.17) is 0 Å². The smallest absolute Gasteiger partial charge is 0.254 e. The quantitative estimate of drug-likeness (QED) is 0.781. The van der Waals surface area contributed by atoms with E-state index in [1.807, 2.05) is 6.92 Å². The number of aryl methyl sites for hydroxylation is 1. The summed E-state index contributed by atoms with van der Waals surface area (Å²) in [6, 6.07) is 0.125. The number of aromatic nitrogens is 2. The molecule has 5 nitrogen and oxygen atoms in total. The second-order valence-electron chi connectivity index (χ2n) is 4.20. The van der Waals surface area contributed by atoms with Gasteiger partial charge in [0.15, 0.2) is 0 Å². The zero-order valence-electron chi connectivity index (χ0n) is 9.25. The van der Waals surface area contributed by atoms with Crippen LogP contribution in [-0.4, -0.2) is 27.9 Å². The van der Waals surface area contributed by atoms with E-state index in [9.17, 15) is 9.59 Å². The molecule has 16 heavy (non-hydrogen) atoms. The lowest BCUT2D eigenvalue weighted by Crippen LogP contribution is -2.37. The van der Waals surface area contributed by atoms with Gasteiger partial charge in [-0.3, -0.25) is 14.7 Å². The number of carbonyl (C=O) groups is 2. The lowest BCUT2D eigenvalue weighted by atomic mass is 9.94. The van der Waals surface area contributed by atoms with E-state index in [-0.39, 0.29) is 11.9 Å². The molecule has 0 unspecified atom stereocenters. The Morgan fingerprint density at radius 2 is 2.19 bits per heavy atom. The van der Waals surface area contributed by atoms with Crippen LogP contribution in [0.4, 0.5) is 0 Å². The van der Waals surface area contributed by atoms with E-state index in [0.29, 0.717) is 24.2 Å². The van der Waals surface area contributed by atoms with Crippen molar-refractivity contribution in [2.24, 2.45) is 0 Å². The molecule has 0 spiro atoms. The molecule has 1 fully saturated rings. The van der Waals surface area contributed by atoms with Gasteiger partial charge in [0, 0.05) is 24.6 Å². The molecule has 1 heterocycles. The summed E-state index contributed by atoms with van der Waals surface area (Å²) in [5.74, 6) is 0.190. The van der Waals surface area contributed by atoms with Gasteiger partial charge in [-0.1, -0.05) is 0 Å². The summed E-state index contributed by atoms with van der Waals surface area (Å²) in [4.78, 5) is 22.9. The third kappa shape index (κ3) is 2.29. The van der Waals surface area contributed by atoms with E-state index in [1.165, 1.54) is 6.20 Å². The number of hydrogen-bond acceptors (Lipinski definition) is 3. The first-order valence-electron chi connectivity index (χ1n) is 5.49. The van der Waals surface area contributed by atoms with Crippen LogP contribution in [0.2, 0.25) is 0 Å².